The molecule has 2 aliphatic heterocycles. The van der Waals surface area contributed by atoms with Gasteiger partial charge in [-0.05, 0) is 48.9 Å². The second kappa shape index (κ2) is 14.5. The van der Waals surface area contributed by atoms with Crippen LogP contribution < -0.4 is 10.1 Å². The number of carbonyl (C=O) groups is 2. The van der Waals surface area contributed by atoms with Gasteiger partial charge in [-0.25, -0.2) is 13.6 Å². The van der Waals surface area contributed by atoms with Crippen LogP contribution in [-0.2, 0) is 27.2 Å². The van der Waals surface area contributed by atoms with Crippen LogP contribution >= 0.6 is 11.3 Å². The van der Waals surface area contributed by atoms with Crippen molar-refractivity contribution in [2.24, 2.45) is 0 Å². The summed E-state index contributed by atoms with van der Waals surface area (Å²) in [5.74, 6) is -0.848. The van der Waals surface area contributed by atoms with Gasteiger partial charge in [0.25, 0.3) is 0 Å². The summed E-state index contributed by atoms with van der Waals surface area (Å²) in [6.45, 7) is 6.79. The van der Waals surface area contributed by atoms with Gasteiger partial charge in [0.15, 0.2) is 0 Å². The zero-order valence-electron chi connectivity index (χ0n) is 26.0. The van der Waals surface area contributed by atoms with Gasteiger partial charge < -0.3 is 29.3 Å². The minimum atomic E-state index is -0.588. The van der Waals surface area contributed by atoms with Gasteiger partial charge in [0.1, 0.15) is 41.5 Å². The number of benzene rings is 2. The number of halogens is 2. The monoisotopic (exact) mass is 663 g/mol. The standard InChI is InChI=1S/C34H35F2N5O5S/c1-3-29(42)41-12-9-25(19-41)46-34(43)37-10-13-44-14-15-45-28-17-24(35)6-7-26(28)32-33-30(27(36)20-47-33)31(38-39-32)22-4-5-23-18-40(2)11-8-21(23)16-22/h3-7,16-17,20,25H,1,8-15,18-19H2,2H3,(H,37,43)/t25-/m0/s1. The first kappa shape index (κ1) is 32.5. The Morgan fingerprint density at radius 3 is 2.79 bits per heavy atom. The summed E-state index contributed by atoms with van der Waals surface area (Å²) in [6, 6.07) is 10.2. The zero-order chi connectivity index (χ0) is 32.9. The third kappa shape index (κ3) is 7.42. The van der Waals surface area contributed by atoms with Crippen molar-refractivity contribution in [3.05, 3.63) is 77.2 Å². The van der Waals surface area contributed by atoms with Gasteiger partial charge in [-0.2, -0.15) is 0 Å². The molecule has 1 atom stereocenters. The van der Waals surface area contributed by atoms with Gasteiger partial charge in [-0.1, -0.05) is 18.7 Å². The van der Waals surface area contributed by atoms with E-state index in [1.165, 1.54) is 46.1 Å². The van der Waals surface area contributed by atoms with E-state index in [4.69, 9.17) is 14.2 Å². The minimum Gasteiger partial charge on any atom is -0.490 e. The van der Waals surface area contributed by atoms with Crippen LogP contribution in [0.4, 0.5) is 13.6 Å². The molecule has 0 spiro atoms. The fourth-order valence-electron chi connectivity index (χ4n) is 5.84. The molecular weight excluding hydrogens is 628 g/mol. The number of alkyl carbamates (subject to hydrolysis) is 1. The summed E-state index contributed by atoms with van der Waals surface area (Å²) in [7, 11) is 2.09. The lowest BCUT2D eigenvalue weighted by Gasteiger charge is -2.25. The van der Waals surface area contributed by atoms with Crippen LogP contribution in [0.2, 0.25) is 0 Å². The lowest BCUT2D eigenvalue weighted by molar-refractivity contribution is -0.125. The maximum absolute atomic E-state index is 15.3. The SMILES string of the molecule is C=CC(=O)N1CC[C@H](OC(=O)NCCOCCOc2cc(F)ccc2-c2nnc(-c3ccc4c(c3)CCN(C)C4)c3c(F)csc23)C1. The Balaban J connectivity index is 1.06. The summed E-state index contributed by atoms with van der Waals surface area (Å²) in [4.78, 5) is 27.6. The Bertz CT molecular complexity index is 1800. The highest BCUT2D eigenvalue weighted by atomic mass is 32.1. The van der Waals surface area contributed by atoms with Crippen molar-refractivity contribution in [1.82, 2.24) is 25.3 Å². The minimum absolute atomic E-state index is 0.0912. The first-order valence-corrected chi connectivity index (χ1v) is 16.3. The molecule has 4 heterocycles. The maximum Gasteiger partial charge on any atom is 0.407 e. The molecule has 246 valence electrons. The fourth-order valence-corrected chi connectivity index (χ4v) is 6.76. The molecule has 2 aromatic carbocycles. The molecule has 0 bridgehead atoms. The number of nitrogens with zero attached hydrogens (tertiary/aromatic N) is 4. The van der Waals surface area contributed by atoms with E-state index in [0.29, 0.717) is 46.5 Å². The number of carbonyl (C=O) groups excluding carboxylic acids is 2. The first-order chi connectivity index (χ1) is 22.8. The number of likely N-dealkylation sites (N-methyl/N-ethyl adjacent to an activating group) is 1. The molecule has 1 saturated heterocycles. The van der Waals surface area contributed by atoms with E-state index in [1.54, 1.807) is 11.0 Å². The van der Waals surface area contributed by atoms with Gasteiger partial charge in [-0.3, -0.25) is 4.79 Å². The lowest BCUT2D eigenvalue weighted by atomic mass is 9.95. The number of rotatable bonds is 11. The van der Waals surface area contributed by atoms with E-state index in [9.17, 15) is 14.0 Å². The topological polar surface area (TPSA) is 106 Å². The second-order valence-electron chi connectivity index (χ2n) is 11.5. The Kier molecular flexibility index (Phi) is 10.0. The number of hydrogen-bond acceptors (Lipinski definition) is 9. The van der Waals surface area contributed by atoms with Crippen LogP contribution in [0.3, 0.4) is 0 Å². The molecule has 4 aromatic rings. The van der Waals surface area contributed by atoms with Crippen molar-refractivity contribution in [2.45, 2.75) is 25.5 Å². The molecule has 13 heteroatoms. The highest BCUT2D eigenvalue weighted by Crippen LogP contribution is 2.41. The number of amides is 2. The summed E-state index contributed by atoms with van der Waals surface area (Å²) in [6.07, 6.45) is 1.76. The Morgan fingerprint density at radius 2 is 1.94 bits per heavy atom. The van der Waals surface area contributed by atoms with Crippen molar-refractivity contribution in [3.63, 3.8) is 0 Å². The van der Waals surface area contributed by atoms with E-state index >= 15 is 4.39 Å². The number of hydrogen-bond donors (Lipinski definition) is 1. The Hall–Kier alpha value is -4.46. The van der Waals surface area contributed by atoms with E-state index in [-0.39, 0.29) is 44.1 Å². The Morgan fingerprint density at radius 1 is 1.09 bits per heavy atom. The molecule has 0 aliphatic carbocycles. The van der Waals surface area contributed by atoms with Crippen LogP contribution in [0, 0.1) is 11.6 Å². The second-order valence-corrected chi connectivity index (χ2v) is 12.4. The summed E-state index contributed by atoms with van der Waals surface area (Å²) in [5, 5.41) is 13.4. The van der Waals surface area contributed by atoms with Crippen molar-refractivity contribution in [3.8, 4) is 28.3 Å². The van der Waals surface area contributed by atoms with Gasteiger partial charge in [-0.15, -0.1) is 21.5 Å². The number of likely N-dealkylation sites (tertiary alicyclic amines) is 1. The zero-order valence-corrected chi connectivity index (χ0v) is 26.8. The third-order valence-electron chi connectivity index (χ3n) is 8.24. The van der Waals surface area contributed by atoms with Gasteiger partial charge >= 0.3 is 6.09 Å². The van der Waals surface area contributed by atoms with Crippen LogP contribution in [0.25, 0.3) is 32.6 Å². The van der Waals surface area contributed by atoms with E-state index in [0.717, 1.165) is 25.1 Å². The van der Waals surface area contributed by atoms with Crippen LogP contribution in [0.5, 0.6) is 5.75 Å². The molecule has 2 amide bonds. The Labute approximate surface area is 274 Å². The molecule has 6 rings (SSSR count). The number of thiophene rings is 1. The maximum atomic E-state index is 15.3. The van der Waals surface area contributed by atoms with Crippen molar-refractivity contribution < 1.29 is 32.6 Å². The van der Waals surface area contributed by atoms with Gasteiger partial charge in [0.05, 0.1) is 29.8 Å². The van der Waals surface area contributed by atoms with Crippen molar-refractivity contribution in [2.75, 3.05) is 53.0 Å². The molecule has 10 nitrogen and oxygen atoms in total. The quantitative estimate of drug-likeness (QED) is 0.173. The van der Waals surface area contributed by atoms with Crippen molar-refractivity contribution in [1.29, 1.82) is 0 Å². The van der Waals surface area contributed by atoms with Crippen LogP contribution in [-0.4, -0.2) is 91.1 Å². The molecule has 1 N–H and O–H groups in total. The van der Waals surface area contributed by atoms with E-state index < -0.39 is 17.7 Å². The van der Waals surface area contributed by atoms with E-state index in [2.05, 4.69) is 46.2 Å². The summed E-state index contributed by atoms with van der Waals surface area (Å²) >= 11 is 1.21. The largest absolute Gasteiger partial charge is 0.490 e. The fraction of sp³-hybridized carbons (Fsp3) is 0.353. The van der Waals surface area contributed by atoms with E-state index in [1.807, 2.05) is 6.07 Å². The van der Waals surface area contributed by atoms with Crippen LogP contribution in [0.15, 0.2) is 54.4 Å². The molecular formula is C34H35F2N5O5S. The smallest absolute Gasteiger partial charge is 0.407 e. The summed E-state index contributed by atoms with van der Waals surface area (Å²) < 4.78 is 47.0. The van der Waals surface area contributed by atoms with Gasteiger partial charge in [0.2, 0.25) is 5.91 Å². The molecule has 0 radical (unpaired) electrons. The third-order valence-corrected chi connectivity index (χ3v) is 9.19. The molecule has 2 aromatic heterocycles. The predicted molar refractivity (Wildman–Crippen MR) is 174 cm³/mol. The number of fused-ring (bicyclic) bond motifs is 2. The number of ether oxygens (including phenoxy) is 3. The molecule has 2 aliphatic rings. The average molecular weight is 664 g/mol. The predicted octanol–water partition coefficient (Wildman–Crippen LogP) is 5.20. The number of aromatic nitrogens is 2. The normalized spacial score (nSPS) is 16.2. The first-order valence-electron chi connectivity index (χ1n) is 15.4. The highest BCUT2D eigenvalue weighted by Gasteiger charge is 2.27. The molecule has 0 unspecified atom stereocenters. The van der Waals surface area contributed by atoms with Crippen LogP contribution in [0.1, 0.15) is 17.5 Å². The lowest BCUT2D eigenvalue weighted by Crippen LogP contribution is -2.34. The number of nitrogens with one attached hydrogen (secondary N) is 1. The molecule has 47 heavy (non-hydrogen) atoms. The van der Waals surface area contributed by atoms with Crippen molar-refractivity contribution >= 4 is 33.4 Å². The highest BCUT2D eigenvalue weighted by molar-refractivity contribution is 7.17. The molecule has 0 saturated carbocycles. The average Bonchev–Trinajstić information content (AvgIpc) is 3.70. The summed E-state index contributed by atoms with van der Waals surface area (Å²) in [5.41, 5.74) is 4.62. The van der Waals surface area contributed by atoms with Gasteiger partial charge in [0, 0.05) is 55.2 Å². The molecule has 1 fully saturated rings.